The summed E-state index contributed by atoms with van der Waals surface area (Å²) >= 11 is 2.43. The maximum atomic E-state index is 12.6. The number of rotatable bonds is 5. The van der Waals surface area contributed by atoms with Crippen LogP contribution in [-0.4, -0.2) is 11.7 Å². The molecule has 0 aliphatic carbocycles. The van der Waals surface area contributed by atoms with E-state index in [-0.39, 0.29) is 12.3 Å². The molecule has 0 fully saturated rings. The van der Waals surface area contributed by atoms with E-state index in [2.05, 4.69) is 5.32 Å². The van der Waals surface area contributed by atoms with Crippen LogP contribution in [0.2, 0.25) is 0 Å². The van der Waals surface area contributed by atoms with Gasteiger partial charge in [0.1, 0.15) is 11.1 Å². The minimum atomic E-state index is -4.37. The van der Waals surface area contributed by atoms with E-state index in [1.165, 1.54) is 29.2 Å². The van der Waals surface area contributed by atoms with Crippen LogP contribution in [0.3, 0.4) is 0 Å². The van der Waals surface area contributed by atoms with E-state index in [0.717, 1.165) is 12.1 Å². The van der Waals surface area contributed by atoms with Gasteiger partial charge >= 0.3 is 6.18 Å². The lowest BCUT2D eigenvalue weighted by Gasteiger charge is -2.08. The van der Waals surface area contributed by atoms with Crippen molar-refractivity contribution < 1.29 is 18.0 Å². The largest absolute Gasteiger partial charge is 0.416 e. The average molecular weight is 356 g/mol. The Morgan fingerprint density at radius 2 is 2.13 bits per heavy atom. The average Bonchev–Trinajstić information content (AvgIpc) is 2.94. The third-order valence-corrected chi connectivity index (χ3v) is 4.62. The van der Waals surface area contributed by atoms with Crippen molar-refractivity contribution in [3.05, 3.63) is 46.8 Å². The maximum Gasteiger partial charge on any atom is 0.416 e. The summed E-state index contributed by atoms with van der Waals surface area (Å²) in [5.74, 6) is 0.0730. The number of alkyl halides is 3. The smallest absolute Gasteiger partial charge is 0.317 e. The number of benzene rings is 1. The van der Waals surface area contributed by atoms with Crippen LogP contribution < -0.4 is 5.32 Å². The summed E-state index contributed by atoms with van der Waals surface area (Å²) in [6.07, 6.45) is -4.23. The molecule has 1 aromatic heterocycles. The first-order valence-electron chi connectivity index (χ1n) is 6.47. The van der Waals surface area contributed by atoms with Gasteiger partial charge < -0.3 is 5.32 Å². The molecule has 3 nitrogen and oxygen atoms in total. The minimum absolute atomic E-state index is 0.143. The molecule has 0 aliphatic heterocycles. The molecule has 0 spiro atoms. The lowest BCUT2D eigenvalue weighted by molar-refractivity contribution is -0.137. The van der Waals surface area contributed by atoms with Crippen molar-refractivity contribution in [2.75, 3.05) is 11.1 Å². The number of anilines is 1. The lowest BCUT2D eigenvalue weighted by Crippen LogP contribution is -2.11. The van der Waals surface area contributed by atoms with E-state index < -0.39 is 11.7 Å². The zero-order chi connectivity index (χ0) is 16.9. The third-order valence-electron chi connectivity index (χ3n) is 2.80. The Hall–Kier alpha value is -1.98. The van der Waals surface area contributed by atoms with Gasteiger partial charge in [-0.15, -0.1) is 23.1 Å². The molecule has 1 aromatic carbocycles. The molecule has 0 radical (unpaired) electrons. The molecule has 2 aromatic rings. The Bertz CT molecular complexity index is 735. The molecule has 0 atom stereocenters. The first-order valence-corrected chi connectivity index (χ1v) is 8.34. The predicted molar refractivity (Wildman–Crippen MR) is 84.4 cm³/mol. The normalized spacial score (nSPS) is 11.0. The molecule has 2 rings (SSSR count). The molecular formula is C15H11F3N2OS2. The highest BCUT2D eigenvalue weighted by Gasteiger charge is 2.30. The number of amides is 1. The van der Waals surface area contributed by atoms with E-state index in [0.29, 0.717) is 21.2 Å². The van der Waals surface area contributed by atoms with E-state index in [1.807, 2.05) is 6.07 Å². The minimum Gasteiger partial charge on any atom is -0.317 e. The second-order valence-electron chi connectivity index (χ2n) is 4.45. The molecule has 8 heteroatoms. The van der Waals surface area contributed by atoms with Gasteiger partial charge in [0.15, 0.2) is 0 Å². The Balaban J connectivity index is 1.86. The fraction of sp³-hybridized carbons (Fsp3) is 0.200. The zero-order valence-electron chi connectivity index (χ0n) is 11.7. The van der Waals surface area contributed by atoms with Gasteiger partial charge in [0.2, 0.25) is 5.91 Å². The molecule has 0 aliphatic rings. The molecule has 1 heterocycles. The summed E-state index contributed by atoms with van der Waals surface area (Å²) in [4.78, 5) is 12.2. The first-order chi connectivity index (χ1) is 10.9. The Kier molecular flexibility index (Phi) is 5.69. The van der Waals surface area contributed by atoms with Crippen LogP contribution in [0, 0.1) is 11.3 Å². The maximum absolute atomic E-state index is 12.6. The molecule has 120 valence electrons. The van der Waals surface area contributed by atoms with Crippen molar-refractivity contribution in [1.29, 1.82) is 5.26 Å². The van der Waals surface area contributed by atoms with E-state index in [1.54, 1.807) is 17.5 Å². The summed E-state index contributed by atoms with van der Waals surface area (Å²) < 4.78 is 37.8. The number of halogens is 3. The number of nitriles is 1. The van der Waals surface area contributed by atoms with Crippen LogP contribution >= 0.6 is 23.1 Å². The van der Waals surface area contributed by atoms with Gasteiger partial charge in [0.05, 0.1) is 11.1 Å². The fourth-order valence-electron chi connectivity index (χ4n) is 1.71. The fourth-order valence-corrected chi connectivity index (χ4v) is 3.37. The molecule has 0 bridgehead atoms. The number of carbonyl (C=O) groups is 1. The molecular weight excluding hydrogens is 345 g/mol. The number of nitrogens with one attached hydrogen (secondary N) is 1. The van der Waals surface area contributed by atoms with Crippen molar-refractivity contribution in [2.45, 2.75) is 17.5 Å². The number of thiophene rings is 1. The first kappa shape index (κ1) is 17.4. The van der Waals surface area contributed by atoms with Gasteiger partial charge in [0, 0.05) is 17.1 Å². The second-order valence-corrected chi connectivity index (χ2v) is 6.53. The molecule has 1 N–H and O–H groups in total. The summed E-state index contributed by atoms with van der Waals surface area (Å²) in [6, 6.07) is 8.57. The van der Waals surface area contributed by atoms with E-state index in [4.69, 9.17) is 5.26 Å². The van der Waals surface area contributed by atoms with Gasteiger partial charge in [0.25, 0.3) is 0 Å². The number of nitrogens with zero attached hydrogens (tertiary/aromatic N) is 1. The number of hydrogen-bond donors (Lipinski definition) is 1. The molecule has 0 saturated heterocycles. The summed E-state index contributed by atoms with van der Waals surface area (Å²) in [5.41, 5.74) is -0.307. The van der Waals surface area contributed by atoms with Gasteiger partial charge in [-0.2, -0.15) is 18.4 Å². The Morgan fingerprint density at radius 1 is 1.35 bits per heavy atom. The highest BCUT2D eigenvalue weighted by Crippen LogP contribution is 2.32. The summed E-state index contributed by atoms with van der Waals surface area (Å²) in [5, 5.41) is 13.7. The number of hydrogen-bond acceptors (Lipinski definition) is 4. The summed E-state index contributed by atoms with van der Waals surface area (Å²) in [6.45, 7) is 0. The van der Waals surface area contributed by atoms with E-state index in [9.17, 15) is 18.0 Å². The van der Waals surface area contributed by atoms with Crippen LogP contribution in [-0.2, 0) is 11.0 Å². The van der Waals surface area contributed by atoms with Crippen molar-refractivity contribution in [3.63, 3.8) is 0 Å². The standard InChI is InChI=1S/C15H11F3N2OS2/c16-15(17,18)11-2-1-3-12(8-11)22-7-5-13(21)20-14-10(9-19)4-6-23-14/h1-4,6,8H,5,7H2,(H,20,21). The highest BCUT2D eigenvalue weighted by atomic mass is 32.2. The van der Waals surface area contributed by atoms with Crippen molar-refractivity contribution in [1.82, 2.24) is 0 Å². The topological polar surface area (TPSA) is 52.9 Å². The molecule has 23 heavy (non-hydrogen) atoms. The van der Waals surface area contributed by atoms with Crippen LogP contribution in [0.25, 0.3) is 0 Å². The van der Waals surface area contributed by atoms with Gasteiger partial charge in [-0.3, -0.25) is 4.79 Å². The van der Waals surface area contributed by atoms with Crippen LogP contribution in [0.5, 0.6) is 0 Å². The molecule has 0 unspecified atom stereocenters. The zero-order valence-corrected chi connectivity index (χ0v) is 13.3. The van der Waals surface area contributed by atoms with E-state index >= 15 is 0 Å². The Morgan fingerprint density at radius 3 is 2.83 bits per heavy atom. The highest BCUT2D eigenvalue weighted by molar-refractivity contribution is 7.99. The van der Waals surface area contributed by atoms with Crippen molar-refractivity contribution in [2.24, 2.45) is 0 Å². The number of carbonyl (C=O) groups excluding carboxylic acids is 1. The lowest BCUT2D eigenvalue weighted by atomic mass is 10.2. The Labute approximate surface area is 139 Å². The number of thioether (sulfide) groups is 1. The molecule has 1 amide bonds. The summed E-state index contributed by atoms with van der Waals surface area (Å²) in [7, 11) is 0. The van der Waals surface area contributed by atoms with Gasteiger partial charge in [-0.05, 0) is 29.6 Å². The van der Waals surface area contributed by atoms with Gasteiger partial charge in [-0.25, -0.2) is 0 Å². The predicted octanol–water partition coefficient (Wildman–Crippen LogP) is 4.76. The van der Waals surface area contributed by atoms with Crippen LogP contribution in [0.15, 0.2) is 40.6 Å². The second kappa shape index (κ2) is 7.53. The van der Waals surface area contributed by atoms with Crippen molar-refractivity contribution >= 4 is 34.0 Å². The molecule has 0 saturated carbocycles. The quantitative estimate of drug-likeness (QED) is 0.786. The van der Waals surface area contributed by atoms with Crippen LogP contribution in [0.1, 0.15) is 17.5 Å². The van der Waals surface area contributed by atoms with Crippen LogP contribution in [0.4, 0.5) is 18.2 Å². The van der Waals surface area contributed by atoms with Crippen molar-refractivity contribution in [3.8, 4) is 6.07 Å². The third kappa shape index (κ3) is 5.01. The van der Waals surface area contributed by atoms with Gasteiger partial charge in [-0.1, -0.05) is 6.07 Å². The SMILES string of the molecule is N#Cc1ccsc1NC(=O)CCSc1cccc(C(F)(F)F)c1. The monoisotopic (exact) mass is 356 g/mol.